The number of hydrogen-bond acceptors (Lipinski definition) is 3. The van der Waals surface area contributed by atoms with Crippen molar-refractivity contribution in [1.82, 2.24) is 15.3 Å². The third kappa shape index (κ3) is 2.01. The first-order chi connectivity index (χ1) is 5.63. The van der Waals surface area contributed by atoms with Gasteiger partial charge < -0.3 is 5.32 Å². The van der Waals surface area contributed by atoms with Crippen LogP contribution in [0.2, 0.25) is 0 Å². The molecule has 0 aliphatic heterocycles. The van der Waals surface area contributed by atoms with Crippen LogP contribution < -0.4 is 5.32 Å². The molecule has 0 amide bonds. The molecule has 0 spiro atoms. The SMILES string of the molecule is CNC(C)c1nc(C)cc(C)n1. The lowest BCUT2D eigenvalue weighted by molar-refractivity contribution is 0.605. The Balaban J connectivity index is 3.00. The van der Waals surface area contributed by atoms with E-state index in [-0.39, 0.29) is 6.04 Å². The Bertz CT molecular complexity index is 250. The van der Waals surface area contributed by atoms with Gasteiger partial charge in [-0.25, -0.2) is 9.97 Å². The van der Waals surface area contributed by atoms with E-state index in [1.54, 1.807) is 0 Å². The molecule has 3 nitrogen and oxygen atoms in total. The number of hydrogen-bond donors (Lipinski definition) is 1. The van der Waals surface area contributed by atoms with Crippen LogP contribution in [0.5, 0.6) is 0 Å². The van der Waals surface area contributed by atoms with Gasteiger partial charge in [-0.2, -0.15) is 0 Å². The summed E-state index contributed by atoms with van der Waals surface area (Å²) >= 11 is 0. The van der Waals surface area contributed by atoms with Crippen molar-refractivity contribution in [3.05, 3.63) is 23.3 Å². The number of rotatable bonds is 2. The van der Waals surface area contributed by atoms with Crippen molar-refractivity contribution in [2.45, 2.75) is 26.8 Å². The first kappa shape index (κ1) is 9.13. The Kier molecular flexibility index (Phi) is 2.76. The number of aromatic nitrogens is 2. The minimum absolute atomic E-state index is 0.226. The van der Waals surface area contributed by atoms with Crippen LogP contribution in [0.25, 0.3) is 0 Å². The van der Waals surface area contributed by atoms with Gasteiger partial charge in [-0.1, -0.05) is 0 Å². The second kappa shape index (κ2) is 3.63. The van der Waals surface area contributed by atoms with Crippen LogP contribution in [0, 0.1) is 13.8 Å². The van der Waals surface area contributed by atoms with Gasteiger partial charge in [0, 0.05) is 11.4 Å². The Hall–Kier alpha value is -0.960. The molecule has 1 aromatic heterocycles. The molecule has 66 valence electrons. The fourth-order valence-corrected chi connectivity index (χ4v) is 1.08. The topological polar surface area (TPSA) is 37.8 Å². The van der Waals surface area contributed by atoms with Gasteiger partial charge in [0.1, 0.15) is 5.82 Å². The molecule has 0 aromatic carbocycles. The summed E-state index contributed by atoms with van der Waals surface area (Å²) in [5, 5.41) is 3.11. The molecule has 1 heterocycles. The first-order valence-corrected chi connectivity index (χ1v) is 4.13. The van der Waals surface area contributed by atoms with E-state index in [4.69, 9.17) is 0 Å². The summed E-state index contributed by atoms with van der Waals surface area (Å²) in [5.74, 6) is 0.870. The minimum Gasteiger partial charge on any atom is -0.311 e. The zero-order valence-electron chi connectivity index (χ0n) is 8.05. The summed E-state index contributed by atoms with van der Waals surface area (Å²) in [4.78, 5) is 8.66. The molecular formula is C9H15N3. The highest BCUT2D eigenvalue weighted by atomic mass is 15.0. The van der Waals surface area contributed by atoms with Crippen molar-refractivity contribution in [1.29, 1.82) is 0 Å². The molecule has 0 fully saturated rings. The summed E-state index contributed by atoms with van der Waals surface area (Å²) in [5.41, 5.74) is 2.05. The van der Waals surface area contributed by atoms with Gasteiger partial charge in [-0.3, -0.25) is 0 Å². The molecule has 1 N–H and O–H groups in total. The zero-order chi connectivity index (χ0) is 9.14. The molecule has 1 atom stereocenters. The van der Waals surface area contributed by atoms with Gasteiger partial charge in [0.15, 0.2) is 0 Å². The van der Waals surface area contributed by atoms with Gasteiger partial charge in [0.05, 0.1) is 6.04 Å². The third-order valence-corrected chi connectivity index (χ3v) is 1.82. The van der Waals surface area contributed by atoms with Crippen molar-refractivity contribution in [3.63, 3.8) is 0 Å². The quantitative estimate of drug-likeness (QED) is 0.719. The number of nitrogens with zero attached hydrogens (tertiary/aromatic N) is 2. The second-order valence-electron chi connectivity index (χ2n) is 3.02. The van der Waals surface area contributed by atoms with Crippen LogP contribution in [-0.2, 0) is 0 Å². The average molecular weight is 165 g/mol. The van der Waals surface area contributed by atoms with Gasteiger partial charge in [-0.05, 0) is 33.9 Å². The maximum absolute atomic E-state index is 4.33. The van der Waals surface area contributed by atoms with E-state index in [9.17, 15) is 0 Å². The highest BCUT2D eigenvalue weighted by molar-refractivity contribution is 5.09. The maximum Gasteiger partial charge on any atom is 0.145 e. The monoisotopic (exact) mass is 165 g/mol. The van der Waals surface area contributed by atoms with E-state index in [1.165, 1.54) is 0 Å². The van der Waals surface area contributed by atoms with E-state index >= 15 is 0 Å². The predicted molar refractivity (Wildman–Crippen MR) is 49.0 cm³/mol. The van der Waals surface area contributed by atoms with Gasteiger partial charge in [-0.15, -0.1) is 0 Å². The smallest absolute Gasteiger partial charge is 0.145 e. The Labute approximate surface area is 73.2 Å². The van der Waals surface area contributed by atoms with Crippen LogP contribution in [-0.4, -0.2) is 17.0 Å². The third-order valence-electron chi connectivity index (χ3n) is 1.82. The largest absolute Gasteiger partial charge is 0.311 e. The molecule has 1 rings (SSSR count). The summed E-state index contributed by atoms with van der Waals surface area (Å²) in [6.07, 6.45) is 0. The summed E-state index contributed by atoms with van der Waals surface area (Å²) in [6, 6.07) is 2.20. The van der Waals surface area contributed by atoms with Crippen LogP contribution >= 0.6 is 0 Å². The second-order valence-corrected chi connectivity index (χ2v) is 3.02. The van der Waals surface area contributed by atoms with E-state index in [0.717, 1.165) is 17.2 Å². The lowest BCUT2D eigenvalue weighted by Gasteiger charge is -2.09. The molecule has 0 radical (unpaired) electrons. The molecule has 1 unspecified atom stereocenters. The molecule has 12 heavy (non-hydrogen) atoms. The molecule has 0 aliphatic carbocycles. The van der Waals surface area contributed by atoms with Crippen molar-refractivity contribution < 1.29 is 0 Å². The normalized spacial score (nSPS) is 13.0. The highest BCUT2D eigenvalue weighted by Crippen LogP contribution is 2.07. The maximum atomic E-state index is 4.33. The molecule has 0 aliphatic rings. The molecule has 0 saturated carbocycles. The Morgan fingerprint density at radius 1 is 1.25 bits per heavy atom. The number of nitrogens with one attached hydrogen (secondary N) is 1. The summed E-state index contributed by atoms with van der Waals surface area (Å²) in [7, 11) is 1.91. The van der Waals surface area contributed by atoms with Crippen molar-refractivity contribution in [2.75, 3.05) is 7.05 Å². The van der Waals surface area contributed by atoms with Crippen LogP contribution in [0.1, 0.15) is 30.2 Å². The lowest BCUT2D eigenvalue weighted by Crippen LogP contribution is -2.16. The van der Waals surface area contributed by atoms with Crippen LogP contribution in [0.15, 0.2) is 6.07 Å². The van der Waals surface area contributed by atoms with Crippen molar-refractivity contribution in [2.24, 2.45) is 0 Å². The standard InChI is InChI=1S/C9H15N3/c1-6-5-7(2)12-9(11-6)8(3)10-4/h5,8,10H,1-4H3. The Morgan fingerprint density at radius 2 is 1.75 bits per heavy atom. The molecule has 3 heteroatoms. The molecule has 1 aromatic rings. The molecular weight excluding hydrogens is 150 g/mol. The van der Waals surface area contributed by atoms with E-state index in [0.29, 0.717) is 0 Å². The predicted octanol–water partition coefficient (Wildman–Crippen LogP) is 1.37. The van der Waals surface area contributed by atoms with E-state index in [2.05, 4.69) is 15.3 Å². The van der Waals surface area contributed by atoms with Crippen molar-refractivity contribution >= 4 is 0 Å². The fraction of sp³-hybridized carbons (Fsp3) is 0.556. The molecule has 0 saturated heterocycles. The van der Waals surface area contributed by atoms with E-state index in [1.807, 2.05) is 33.9 Å². The fourth-order valence-electron chi connectivity index (χ4n) is 1.08. The Morgan fingerprint density at radius 3 is 2.17 bits per heavy atom. The molecule has 0 bridgehead atoms. The van der Waals surface area contributed by atoms with Gasteiger partial charge in [0.25, 0.3) is 0 Å². The minimum atomic E-state index is 0.226. The first-order valence-electron chi connectivity index (χ1n) is 4.13. The summed E-state index contributed by atoms with van der Waals surface area (Å²) < 4.78 is 0. The van der Waals surface area contributed by atoms with Crippen molar-refractivity contribution in [3.8, 4) is 0 Å². The highest BCUT2D eigenvalue weighted by Gasteiger charge is 2.05. The zero-order valence-corrected chi connectivity index (χ0v) is 8.05. The van der Waals surface area contributed by atoms with Crippen LogP contribution in [0.3, 0.4) is 0 Å². The summed E-state index contributed by atoms with van der Waals surface area (Å²) in [6.45, 7) is 6.02. The number of aryl methyl sites for hydroxylation is 2. The van der Waals surface area contributed by atoms with Gasteiger partial charge >= 0.3 is 0 Å². The lowest BCUT2D eigenvalue weighted by atomic mass is 10.3. The van der Waals surface area contributed by atoms with E-state index < -0.39 is 0 Å². The average Bonchev–Trinajstić information content (AvgIpc) is 2.01. The van der Waals surface area contributed by atoms with Crippen LogP contribution in [0.4, 0.5) is 0 Å². The van der Waals surface area contributed by atoms with Gasteiger partial charge in [0.2, 0.25) is 0 Å².